The highest BCUT2D eigenvalue weighted by Gasteiger charge is 2.11. The number of hydrogen-bond acceptors (Lipinski definition) is 5. The minimum absolute atomic E-state index is 0.0800. The maximum absolute atomic E-state index is 10.8. The van der Waals surface area contributed by atoms with Crippen molar-refractivity contribution in [3.63, 3.8) is 0 Å². The van der Waals surface area contributed by atoms with Gasteiger partial charge >= 0.3 is 0 Å². The number of nitrogens with one attached hydrogen (secondary N) is 1. The van der Waals surface area contributed by atoms with Crippen LogP contribution >= 0.6 is 11.6 Å². The number of aromatic nitrogens is 1. The summed E-state index contributed by atoms with van der Waals surface area (Å²) in [4.78, 5) is 14.2. The number of halogens is 1. The zero-order chi connectivity index (χ0) is 14.0. The van der Waals surface area contributed by atoms with Crippen LogP contribution in [0.4, 0.5) is 23.0 Å². The summed E-state index contributed by atoms with van der Waals surface area (Å²) in [5, 5.41) is 14.3. The Balaban J connectivity index is 2.38. The number of rotatable bonds is 3. The number of hydrogen-bond donors (Lipinski definition) is 2. The van der Waals surface area contributed by atoms with E-state index in [-0.39, 0.29) is 11.5 Å². The average Bonchev–Trinajstić information content (AvgIpc) is 2.34. The van der Waals surface area contributed by atoms with Crippen LogP contribution in [0.1, 0.15) is 5.56 Å². The van der Waals surface area contributed by atoms with E-state index >= 15 is 0 Å². The Morgan fingerprint density at radius 3 is 2.84 bits per heavy atom. The normalized spacial score (nSPS) is 10.2. The van der Waals surface area contributed by atoms with E-state index in [1.807, 2.05) is 6.92 Å². The topological polar surface area (TPSA) is 94.1 Å². The number of nitrogens with two attached hydrogens (primary N) is 1. The van der Waals surface area contributed by atoms with E-state index in [0.717, 1.165) is 11.3 Å². The van der Waals surface area contributed by atoms with Gasteiger partial charge in [0.2, 0.25) is 0 Å². The molecule has 0 bridgehead atoms. The molecule has 0 saturated carbocycles. The van der Waals surface area contributed by atoms with Crippen molar-refractivity contribution in [2.75, 3.05) is 11.1 Å². The van der Waals surface area contributed by atoms with Crippen molar-refractivity contribution in [2.24, 2.45) is 0 Å². The van der Waals surface area contributed by atoms with Crippen molar-refractivity contribution >= 4 is 34.6 Å². The number of nitrogens with zero attached hydrogens (tertiary/aromatic N) is 2. The van der Waals surface area contributed by atoms with Crippen molar-refractivity contribution < 1.29 is 4.92 Å². The van der Waals surface area contributed by atoms with Gasteiger partial charge in [-0.05, 0) is 24.6 Å². The number of benzene rings is 1. The summed E-state index contributed by atoms with van der Waals surface area (Å²) in [6, 6.07) is 7.86. The van der Waals surface area contributed by atoms with Gasteiger partial charge in [-0.3, -0.25) is 10.1 Å². The quantitative estimate of drug-likeness (QED) is 0.664. The largest absolute Gasteiger partial charge is 0.383 e. The molecule has 7 heteroatoms. The van der Waals surface area contributed by atoms with Crippen LogP contribution < -0.4 is 11.1 Å². The van der Waals surface area contributed by atoms with Crippen molar-refractivity contribution in [3.05, 3.63) is 51.0 Å². The summed E-state index contributed by atoms with van der Waals surface area (Å²) in [5.41, 5.74) is 6.97. The molecule has 0 unspecified atom stereocenters. The minimum atomic E-state index is -0.520. The molecule has 19 heavy (non-hydrogen) atoms. The Morgan fingerprint density at radius 1 is 1.42 bits per heavy atom. The average molecular weight is 279 g/mol. The third-order valence-corrected chi connectivity index (χ3v) is 2.98. The van der Waals surface area contributed by atoms with Crippen LogP contribution in [0.25, 0.3) is 0 Å². The molecule has 6 nitrogen and oxygen atoms in total. The monoisotopic (exact) mass is 278 g/mol. The predicted molar refractivity (Wildman–Crippen MR) is 74.8 cm³/mol. The van der Waals surface area contributed by atoms with E-state index < -0.39 is 4.92 Å². The highest BCUT2D eigenvalue weighted by Crippen LogP contribution is 2.27. The molecule has 3 N–H and O–H groups in total. The third kappa shape index (κ3) is 2.92. The van der Waals surface area contributed by atoms with E-state index in [2.05, 4.69) is 10.3 Å². The highest BCUT2D eigenvalue weighted by atomic mass is 35.5. The molecular weight excluding hydrogens is 268 g/mol. The summed E-state index contributed by atoms with van der Waals surface area (Å²) < 4.78 is 0. The molecule has 1 aromatic carbocycles. The SMILES string of the molecule is Cc1c(Cl)cccc1Nc1cc([N+](=O)[O-])cc(N)n1. The summed E-state index contributed by atoms with van der Waals surface area (Å²) in [5.74, 6) is 0.383. The molecule has 0 aliphatic heterocycles. The van der Waals surface area contributed by atoms with Crippen LogP contribution in [-0.4, -0.2) is 9.91 Å². The summed E-state index contributed by atoms with van der Waals surface area (Å²) >= 11 is 6.00. The van der Waals surface area contributed by atoms with E-state index in [0.29, 0.717) is 10.8 Å². The van der Waals surface area contributed by atoms with Gasteiger partial charge in [0.15, 0.2) is 0 Å². The Morgan fingerprint density at radius 2 is 2.16 bits per heavy atom. The Kier molecular flexibility index (Phi) is 3.52. The van der Waals surface area contributed by atoms with Gasteiger partial charge in [-0.15, -0.1) is 0 Å². The lowest BCUT2D eigenvalue weighted by molar-refractivity contribution is -0.384. The van der Waals surface area contributed by atoms with Crippen molar-refractivity contribution in [1.29, 1.82) is 0 Å². The molecule has 0 amide bonds. The Bertz CT molecular complexity index is 646. The van der Waals surface area contributed by atoms with Gasteiger partial charge < -0.3 is 11.1 Å². The van der Waals surface area contributed by atoms with Crippen LogP contribution in [0, 0.1) is 17.0 Å². The van der Waals surface area contributed by atoms with Gasteiger partial charge in [-0.25, -0.2) is 4.98 Å². The number of nitro groups is 1. The Labute approximate surface area is 114 Å². The van der Waals surface area contributed by atoms with Gasteiger partial charge in [-0.2, -0.15) is 0 Å². The van der Waals surface area contributed by atoms with Gasteiger partial charge in [0.05, 0.1) is 17.1 Å². The van der Waals surface area contributed by atoms with Crippen LogP contribution in [0.5, 0.6) is 0 Å². The zero-order valence-electron chi connectivity index (χ0n) is 10.1. The number of anilines is 3. The maximum atomic E-state index is 10.8. The first-order valence-corrected chi connectivity index (χ1v) is 5.79. The molecule has 0 aliphatic rings. The first kappa shape index (κ1) is 13.1. The molecule has 1 aromatic heterocycles. The lowest BCUT2D eigenvalue weighted by atomic mass is 10.2. The van der Waals surface area contributed by atoms with E-state index in [1.54, 1.807) is 18.2 Å². The van der Waals surface area contributed by atoms with Crippen LogP contribution in [0.15, 0.2) is 30.3 Å². The molecule has 2 rings (SSSR count). The highest BCUT2D eigenvalue weighted by molar-refractivity contribution is 6.31. The second kappa shape index (κ2) is 5.11. The maximum Gasteiger partial charge on any atom is 0.276 e. The molecular formula is C12H11ClN4O2. The molecule has 0 radical (unpaired) electrons. The lowest BCUT2D eigenvalue weighted by Crippen LogP contribution is -2.01. The van der Waals surface area contributed by atoms with Crippen LogP contribution in [0.3, 0.4) is 0 Å². The molecule has 0 aliphatic carbocycles. The van der Waals surface area contributed by atoms with Gasteiger partial charge in [-0.1, -0.05) is 17.7 Å². The lowest BCUT2D eigenvalue weighted by Gasteiger charge is -2.10. The van der Waals surface area contributed by atoms with Crippen molar-refractivity contribution in [1.82, 2.24) is 4.98 Å². The van der Waals surface area contributed by atoms with Gasteiger partial charge in [0.25, 0.3) is 5.69 Å². The second-order valence-corrected chi connectivity index (χ2v) is 4.34. The van der Waals surface area contributed by atoms with Gasteiger partial charge in [0, 0.05) is 10.7 Å². The van der Waals surface area contributed by atoms with E-state index in [1.165, 1.54) is 12.1 Å². The predicted octanol–water partition coefficient (Wildman–Crippen LogP) is 3.28. The third-order valence-electron chi connectivity index (χ3n) is 2.57. The van der Waals surface area contributed by atoms with E-state index in [4.69, 9.17) is 17.3 Å². The number of nitrogen functional groups attached to an aromatic ring is 1. The fourth-order valence-corrected chi connectivity index (χ4v) is 1.76. The summed E-state index contributed by atoms with van der Waals surface area (Å²) in [7, 11) is 0. The fraction of sp³-hybridized carbons (Fsp3) is 0.0833. The summed E-state index contributed by atoms with van der Waals surface area (Å²) in [6.45, 7) is 1.84. The fourth-order valence-electron chi connectivity index (χ4n) is 1.59. The first-order chi connectivity index (χ1) is 8.97. The summed E-state index contributed by atoms with van der Waals surface area (Å²) in [6.07, 6.45) is 0. The molecule has 0 atom stereocenters. The van der Waals surface area contributed by atoms with Crippen molar-refractivity contribution in [2.45, 2.75) is 6.92 Å². The molecule has 1 heterocycles. The molecule has 2 aromatic rings. The van der Waals surface area contributed by atoms with E-state index in [9.17, 15) is 10.1 Å². The minimum Gasteiger partial charge on any atom is -0.383 e. The standard InChI is InChI=1S/C12H11ClN4O2/c1-7-9(13)3-2-4-10(7)15-12-6-8(17(18)19)5-11(14)16-12/h2-6H,1H3,(H3,14,15,16). The first-order valence-electron chi connectivity index (χ1n) is 5.41. The molecule has 0 fully saturated rings. The smallest absolute Gasteiger partial charge is 0.276 e. The Hall–Kier alpha value is -2.34. The second-order valence-electron chi connectivity index (χ2n) is 3.93. The molecule has 98 valence electrons. The van der Waals surface area contributed by atoms with Crippen LogP contribution in [-0.2, 0) is 0 Å². The van der Waals surface area contributed by atoms with Gasteiger partial charge in [0.1, 0.15) is 11.6 Å². The number of pyridine rings is 1. The van der Waals surface area contributed by atoms with Crippen molar-refractivity contribution in [3.8, 4) is 0 Å². The molecule has 0 saturated heterocycles. The van der Waals surface area contributed by atoms with Crippen LogP contribution in [0.2, 0.25) is 5.02 Å². The molecule has 0 spiro atoms. The zero-order valence-corrected chi connectivity index (χ0v) is 10.8.